The molecule has 0 heterocycles. The van der Waals surface area contributed by atoms with Crippen molar-refractivity contribution in [2.45, 2.75) is 25.8 Å². The molecule has 6 nitrogen and oxygen atoms in total. The van der Waals surface area contributed by atoms with Gasteiger partial charge in [-0.25, -0.2) is 0 Å². The maximum absolute atomic E-state index is 10.7. The van der Waals surface area contributed by atoms with Crippen LogP contribution in [0, 0.1) is 10.1 Å². The summed E-state index contributed by atoms with van der Waals surface area (Å²) in [6.07, 6.45) is 0.505. The van der Waals surface area contributed by atoms with Crippen LogP contribution in [0.15, 0.2) is 22.7 Å². The summed E-state index contributed by atoms with van der Waals surface area (Å²) in [7, 11) is 0. The minimum Gasteiger partial charge on any atom is -0.481 e. The number of hydrogen-bond acceptors (Lipinski definition) is 4. The quantitative estimate of drug-likeness (QED) is 0.621. The first-order valence-electron chi connectivity index (χ1n) is 5.32. The van der Waals surface area contributed by atoms with Gasteiger partial charge < -0.3 is 10.4 Å². The van der Waals surface area contributed by atoms with Gasteiger partial charge in [-0.15, -0.1) is 0 Å². The number of aliphatic carboxylic acids is 1. The molecule has 0 radical (unpaired) electrons. The van der Waals surface area contributed by atoms with Crippen LogP contribution in [0.3, 0.4) is 0 Å². The highest BCUT2D eigenvalue weighted by molar-refractivity contribution is 9.10. The SMILES string of the molecule is CC(CCC(=O)O)Nc1cc([N+](=O)[O-])ccc1Br. The fourth-order valence-electron chi connectivity index (χ4n) is 1.42. The van der Waals surface area contributed by atoms with E-state index in [1.807, 2.05) is 6.92 Å². The summed E-state index contributed by atoms with van der Waals surface area (Å²) in [5.41, 5.74) is 0.577. The Morgan fingerprint density at radius 2 is 2.28 bits per heavy atom. The Morgan fingerprint density at radius 3 is 2.83 bits per heavy atom. The molecule has 2 N–H and O–H groups in total. The third-order valence-electron chi connectivity index (χ3n) is 2.35. The second-order valence-corrected chi connectivity index (χ2v) is 4.75. The molecule has 1 rings (SSSR count). The van der Waals surface area contributed by atoms with Crippen LogP contribution in [0.2, 0.25) is 0 Å². The van der Waals surface area contributed by atoms with Gasteiger partial charge in [-0.1, -0.05) is 0 Å². The number of hydrogen-bond donors (Lipinski definition) is 2. The normalized spacial score (nSPS) is 11.9. The first-order valence-corrected chi connectivity index (χ1v) is 6.11. The second-order valence-electron chi connectivity index (χ2n) is 3.90. The number of anilines is 1. The van der Waals surface area contributed by atoms with Crippen molar-refractivity contribution in [3.05, 3.63) is 32.8 Å². The number of non-ortho nitro benzene ring substituents is 1. The average Bonchev–Trinajstić information content (AvgIpc) is 2.29. The van der Waals surface area contributed by atoms with Gasteiger partial charge in [-0.05, 0) is 35.3 Å². The van der Waals surface area contributed by atoms with E-state index in [4.69, 9.17) is 5.11 Å². The molecule has 0 saturated heterocycles. The van der Waals surface area contributed by atoms with Gasteiger partial charge in [0, 0.05) is 29.1 Å². The maximum Gasteiger partial charge on any atom is 0.303 e. The van der Waals surface area contributed by atoms with Crippen LogP contribution in [-0.2, 0) is 4.79 Å². The van der Waals surface area contributed by atoms with Crippen molar-refractivity contribution in [1.82, 2.24) is 0 Å². The Balaban J connectivity index is 2.73. The highest BCUT2D eigenvalue weighted by Crippen LogP contribution is 2.28. The molecule has 7 heteroatoms. The zero-order valence-electron chi connectivity index (χ0n) is 9.72. The number of carboxylic acids is 1. The largest absolute Gasteiger partial charge is 0.481 e. The van der Waals surface area contributed by atoms with Crippen molar-refractivity contribution in [1.29, 1.82) is 0 Å². The Morgan fingerprint density at radius 1 is 1.61 bits per heavy atom. The molecule has 1 aromatic carbocycles. The molecule has 0 amide bonds. The average molecular weight is 317 g/mol. The number of halogens is 1. The van der Waals surface area contributed by atoms with E-state index in [2.05, 4.69) is 21.2 Å². The molecule has 1 atom stereocenters. The Labute approximate surface area is 112 Å². The van der Waals surface area contributed by atoms with E-state index in [1.165, 1.54) is 12.1 Å². The van der Waals surface area contributed by atoms with E-state index in [1.54, 1.807) is 6.07 Å². The summed E-state index contributed by atoms with van der Waals surface area (Å²) >= 11 is 3.29. The highest BCUT2D eigenvalue weighted by Gasteiger charge is 2.12. The molecule has 18 heavy (non-hydrogen) atoms. The number of rotatable bonds is 6. The van der Waals surface area contributed by atoms with E-state index >= 15 is 0 Å². The van der Waals surface area contributed by atoms with Crippen LogP contribution in [0.5, 0.6) is 0 Å². The fourth-order valence-corrected chi connectivity index (χ4v) is 1.78. The minimum atomic E-state index is -0.859. The van der Waals surface area contributed by atoms with Crippen molar-refractivity contribution in [2.24, 2.45) is 0 Å². The first-order chi connectivity index (χ1) is 8.40. The minimum absolute atomic E-state index is 0.00821. The monoisotopic (exact) mass is 316 g/mol. The number of carboxylic acid groups (broad SMARTS) is 1. The molecule has 0 spiro atoms. The molecular weight excluding hydrogens is 304 g/mol. The Hall–Kier alpha value is -1.63. The van der Waals surface area contributed by atoms with Gasteiger partial charge in [0.15, 0.2) is 0 Å². The smallest absolute Gasteiger partial charge is 0.303 e. The lowest BCUT2D eigenvalue weighted by atomic mass is 10.1. The van der Waals surface area contributed by atoms with Crippen molar-refractivity contribution in [3.8, 4) is 0 Å². The van der Waals surface area contributed by atoms with Crippen molar-refractivity contribution >= 4 is 33.3 Å². The number of nitro benzene ring substituents is 1. The van der Waals surface area contributed by atoms with E-state index in [0.717, 1.165) is 0 Å². The zero-order chi connectivity index (χ0) is 13.7. The van der Waals surface area contributed by atoms with Gasteiger partial charge in [0.1, 0.15) is 0 Å². The van der Waals surface area contributed by atoms with Crippen molar-refractivity contribution < 1.29 is 14.8 Å². The topological polar surface area (TPSA) is 92.5 Å². The van der Waals surface area contributed by atoms with Crippen LogP contribution in [0.25, 0.3) is 0 Å². The number of nitrogens with zero attached hydrogens (tertiary/aromatic N) is 1. The van der Waals surface area contributed by atoms with E-state index < -0.39 is 10.9 Å². The third-order valence-corrected chi connectivity index (χ3v) is 3.05. The lowest BCUT2D eigenvalue weighted by Crippen LogP contribution is -2.17. The fraction of sp³-hybridized carbons (Fsp3) is 0.364. The van der Waals surface area contributed by atoms with Gasteiger partial charge in [-0.2, -0.15) is 0 Å². The van der Waals surface area contributed by atoms with Crippen LogP contribution in [0.4, 0.5) is 11.4 Å². The number of carbonyl (C=O) groups is 1. The van der Waals surface area contributed by atoms with Gasteiger partial charge in [-0.3, -0.25) is 14.9 Å². The van der Waals surface area contributed by atoms with Crippen LogP contribution in [0.1, 0.15) is 19.8 Å². The number of benzene rings is 1. The molecule has 98 valence electrons. The lowest BCUT2D eigenvalue weighted by molar-refractivity contribution is -0.384. The summed E-state index contributed by atoms with van der Waals surface area (Å²) in [6, 6.07) is 4.32. The summed E-state index contributed by atoms with van der Waals surface area (Å²) < 4.78 is 0.704. The Kier molecular flexibility index (Phi) is 5.08. The van der Waals surface area contributed by atoms with Gasteiger partial charge in [0.25, 0.3) is 5.69 Å². The molecule has 0 aliphatic rings. The molecule has 1 unspecified atom stereocenters. The molecule has 0 fully saturated rings. The third kappa shape index (κ3) is 4.33. The summed E-state index contributed by atoms with van der Waals surface area (Å²) in [5, 5.41) is 22.3. The van der Waals surface area contributed by atoms with Crippen LogP contribution >= 0.6 is 15.9 Å². The van der Waals surface area contributed by atoms with Gasteiger partial charge in [0.05, 0.1) is 10.6 Å². The first kappa shape index (κ1) is 14.4. The Bertz CT molecular complexity index is 464. The van der Waals surface area contributed by atoms with Crippen LogP contribution < -0.4 is 5.32 Å². The highest BCUT2D eigenvalue weighted by atomic mass is 79.9. The predicted molar refractivity (Wildman–Crippen MR) is 70.8 cm³/mol. The van der Waals surface area contributed by atoms with E-state index in [-0.39, 0.29) is 18.2 Å². The van der Waals surface area contributed by atoms with E-state index in [9.17, 15) is 14.9 Å². The lowest BCUT2D eigenvalue weighted by Gasteiger charge is -2.15. The van der Waals surface area contributed by atoms with Crippen LogP contribution in [-0.4, -0.2) is 22.0 Å². The number of nitro groups is 1. The molecule has 0 aliphatic heterocycles. The molecular formula is C11H13BrN2O4. The summed E-state index contributed by atoms with van der Waals surface area (Å²) in [5.74, 6) is -0.859. The zero-order valence-corrected chi connectivity index (χ0v) is 11.3. The van der Waals surface area contributed by atoms with Gasteiger partial charge in [0.2, 0.25) is 0 Å². The second kappa shape index (κ2) is 6.34. The molecule has 1 aromatic rings. The summed E-state index contributed by atoms with van der Waals surface area (Å²) in [4.78, 5) is 20.6. The number of nitrogens with one attached hydrogen (secondary N) is 1. The predicted octanol–water partition coefficient (Wildman–Crippen LogP) is 3.02. The standard InChI is InChI=1S/C11H13BrN2O4/c1-7(2-5-11(15)16)13-10-6-8(14(17)18)3-4-9(10)12/h3-4,6-7,13H,2,5H2,1H3,(H,15,16). The molecule has 0 bridgehead atoms. The molecule has 0 aliphatic carbocycles. The summed E-state index contributed by atoms with van der Waals surface area (Å²) in [6.45, 7) is 1.83. The van der Waals surface area contributed by atoms with Crippen molar-refractivity contribution in [3.63, 3.8) is 0 Å². The molecule has 0 aromatic heterocycles. The van der Waals surface area contributed by atoms with Crippen molar-refractivity contribution in [2.75, 3.05) is 5.32 Å². The van der Waals surface area contributed by atoms with Gasteiger partial charge >= 0.3 is 5.97 Å². The maximum atomic E-state index is 10.7. The molecule has 0 saturated carbocycles. The van der Waals surface area contributed by atoms with E-state index in [0.29, 0.717) is 16.6 Å².